The average molecular weight is 244 g/mol. The maximum Gasteiger partial charge on any atom is 0.227 e. The topological polar surface area (TPSA) is 63.8 Å². The minimum Gasteiger partial charge on any atom is -0.339 e. The van der Waals surface area contributed by atoms with Crippen LogP contribution in [-0.2, 0) is 12.8 Å². The molecule has 5 heteroatoms. The Kier molecular flexibility index (Phi) is 3.32. The van der Waals surface area contributed by atoms with E-state index in [4.69, 9.17) is 4.52 Å². The van der Waals surface area contributed by atoms with Gasteiger partial charge in [-0.15, -0.1) is 0 Å². The number of hydrogen-bond acceptors (Lipinski definition) is 5. The van der Waals surface area contributed by atoms with Crippen LogP contribution in [-0.4, -0.2) is 21.7 Å². The lowest BCUT2D eigenvalue weighted by Gasteiger charge is -2.01. The van der Waals surface area contributed by atoms with Crippen LogP contribution >= 0.6 is 0 Å². The Labute approximate surface area is 106 Å². The summed E-state index contributed by atoms with van der Waals surface area (Å²) in [6, 6.07) is 6.19. The fourth-order valence-corrected chi connectivity index (χ4v) is 2.20. The lowest BCUT2D eigenvalue weighted by molar-refractivity contribution is 0.367. The smallest absolute Gasteiger partial charge is 0.227 e. The Morgan fingerprint density at radius 2 is 2.33 bits per heavy atom. The van der Waals surface area contributed by atoms with Gasteiger partial charge in [0.2, 0.25) is 5.89 Å². The van der Waals surface area contributed by atoms with E-state index < -0.39 is 0 Å². The minimum absolute atomic E-state index is 0.275. The fraction of sp³-hybridized carbons (Fsp3) is 0.462. The van der Waals surface area contributed by atoms with Gasteiger partial charge in [-0.3, -0.25) is 4.98 Å². The first-order chi connectivity index (χ1) is 8.92. The van der Waals surface area contributed by atoms with Gasteiger partial charge in [0.25, 0.3) is 0 Å². The van der Waals surface area contributed by atoms with Crippen molar-refractivity contribution >= 4 is 0 Å². The van der Waals surface area contributed by atoms with Crippen molar-refractivity contribution < 1.29 is 4.52 Å². The second-order valence-electron chi connectivity index (χ2n) is 4.52. The highest BCUT2D eigenvalue weighted by atomic mass is 16.5. The largest absolute Gasteiger partial charge is 0.339 e. The van der Waals surface area contributed by atoms with Crippen LogP contribution in [0.5, 0.6) is 0 Å². The number of rotatable bonds is 4. The molecule has 0 spiro atoms. The molecule has 0 aromatic carbocycles. The summed E-state index contributed by atoms with van der Waals surface area (Å²) in [7, 11) is 0. The maximum absolute atomic E-state index is 5.27. The number of aryl methyl sites for hydroxylation is 2. The van der Waals surface area contributed by atoms with Crippen molar-refractivity contribution in [2.75, 3.05) is 6.54 Å². The number of aromatic nitrogens is 3. The molecule has 1 aliphatic heterocycles. The molecule has 1 fully saturated rings. The van der Waals surface area contributed by atoms with Gasteiger partial charge in [0.15, 0.2) is 5.82 Å². The highest BCUT2D eigenvalue weighted by Gasteiger charge is 2.21. The molecule has 94 valence electrons. The monoisotopic (exact) mass is 244 g/mol. The molecule has 2 aromatic rings. The van der Waals surface area contributed by atoms with Gasteiger partial charge >= 0.3 is 0 Å². The Balaban J connectivity index is 1.60. The van der Waals surface area contributed by atoms with Crippen molar-refractivity contribution in [3.05, 3.63) is 41.8 Å². The van der Waals surface area contributed by atoms with Crippen LogP contribution in [0.4, 0.5) is 0 Å². The van der Waals surface area contributed by atoms with Crippen LogP contribution < -0.4 is 5.32 Å². The first-order valence-electron chi connectivity index (χ1n) is 6.37. The second kappa shape index (κ2) is 5.27. The first-order valence-corrected chi connectivity index (χ1v) is 6.37. The number of nitrogens with zero attached hydrogens (tertiary/aromatic N) is 3. The Morgan fingerprint density at radius 1 is 1.33 bits per heavy atom. The van der Waals surface area contributed by atoms with Crippen LogP contribution in [0.3, 0.4) is 0 Å². The van der Waals surface area contributed by atoms with Crippen molar-refractivity contribution in [2.45, 2.75) is 31.7 Å². The molecule has 0 amide bonds. The molecule has 0 saturated carbocycles. The summed E-state index contributed by atoms with van der Waals surface area (Å²) in [6.07, 6.45) is 5.66. The Morgan fingerprint density at radius 3 is 3.11 bits per heavy atom. The predicted molar refractivity (Wildman–Crippen MR) is 65.9 cm³/mol. The van der Waals surface area contributed by atoms with Gasteiger partial charge in [0.1, 0.15) is 0 Å². The van der Waals surface area contributed by atoms with Gasteiger partial charge in [0.05, 0.1) is 6.04 Å². The van der Waals surface area contributed by atoms with E-state index in [2.05, 4.69) is 20.4 Å². The first kappa shape index (κ1) is 11.3. The van der Waals surface area contributed by atoms with E-state index >= 15 is 0 Å². The van der Waals surface area contributed by atoms with Crippen LogP contribution in [0.2, 0.25) is 0 Å². The SMILES string of the molecule is c1ccc(CCc2nc(C3CCCN3)no2)nc1. The molecule has 1 aliphatic rings. The van der Waals surface area contributed by atoms with Gasteiger partial charge in [-0.25, -0.2) is 0 Å². The van der Waals surface area contributed by atoms with Gasteiger partial charge in [0, 0.05) is 18.3 Å². The molecule has 0 bridgehead atoms. The third-order valence-corrected chi connectivity index (χ3v) is 3.18. The molecule has 3 rings (SSSR count). The molecule has 2 aromatic heterocycles. The van der Waals surface area contributed by atoms with Crippen LogP contribution in [0.15, 0.2) is 28.9 Å². The zero-order valence-corrected chi connectivity index (χ0v) is 10.2. The van der Waals surface area contributed by atoms with E-state index in [0.717, 1.165) is 37.3 Å². The molecule has 1 unspecified atom stereocenters. The molecule has 1 atom stereocenters. The average Bonchev–Trinajstić information content (AvgIpc) is 3.08. The highest BCUT2D eigenvalue weighted by Crippen LogP contribution is 2.20. The van der Waals surface area contributed by atoms with E-state index in [1.165, 1.54) is 6.42 Å². The number of nitrogens with one attached hydrogen (secondary N) is 1. The van der Waals surface area contributed by atoms with E-state index in [9.17, 15) is 0 Å². The summed E-state index contributed by atoms with van der Waals surface area (Å²) < 4.78 is 5.27. The van der Waals surface area contributed by atoms with Crippen molar-refractivity contribution in [3.8, 4) is 0 Å². The lowest BCUT2D eigenvalue weighted by atomic mass is 10.2. The Hall–Kier alpha value is -1.75. The van der Waals surface area contributed by atoms with Gasteiger partial charge in [-0.2, -0.15) is 4.98 Å². The molecular formula is C13H16N4O. The fourth-order valence-electron chi connectivity index (χ4n) is 2.20. The van der Waals surface area contributed by atoms with E-state index in [1.54, 1.807) is 6.20 Å². The summed E-state index contributed by atoms with van der Waals surface area (Å²) >= 11 is 0. The van der Waals surface area contributed by atoms with Crippen molar-refractivity contribution in [1.82, 2.24) is 20.4 Å². The van der Waals surface area contributed by atoms with E-state index in [-0.39, 0.29) is 6.04 Å². The van der Waals surface area contributed by atoms with Crippen LogP contribution in [0.25, 0.3) is 0 Å². The number of hydrogen-bond donors (Lipinski definition) is 1. The molecule has 0 aliphatic carbocycles. The molecule has 3 heterocycles. The zero-order valence-electron chi connectivity index (χ0n) is 10.2. The second-order valence-corrected chi connectivity index (χ2v) is 4.52. The highest BCUT2D eigenvalue weighted by molar-refractivity contribution is 5.05. The lowest BCUT2D eigenvalue weighted by Crippen LogP contribution is -2.14. The molecule has 18 heavy (non-hydrogen) atoms. The van der Waals surface area contributed by atoms with E-state index in [0.29, 0.717) is 5.89 Å². The van der Waals surface area contributed by atoms with Gasteiger partial charge < -0.3 is 9.84 Å². The summed E-state index contributed by atoms with van der Waals surface area (Å²) in [5, 5.41) is 7.40. The van der Waals surface area contributed by atoms with Crippen molar-refractivity contribution in [3.63, 3.8) is 0 Å². The Bertz CT molecular complexity index is 491. The molecule has 0 radical (unpaired) electrons. The molecule has 1 saturated heterocycles. The quantitative estimate of drug-likeness (QED) is 0.886. The normalized spacial score (nSPS) is 19.2. The summed E-state index contributed by atoms with van der Waals surface area (Å²) in [4.78, 5) is 8.72. The van der Waals surface area contributed by atoms with Gasteiger partial charge in [-0.05, 0) is 37.9 Å². The van der Waals surface area contributed by atoms with Crippen LogP contribution in [0, 0.1) is 0 Å². The summed E-state index contributed by atoms with van der Waals surface area (Å²) in [6.45, 7) is 1.04. The molecule has 5 nitrogen and oxygen atoms in total. The summed E-state index contributed by atoms with van der Waals surface area (Å²) in [5.74, 6) is 1.49. The molecule has 1 N–H and O–H groups in total. The van der Waals surface area contributed by atoms with Crippen molar-refractivity contribution in [2.24, 2.45) is 0 Å². The van der Waals surface area contributed by atoms with Crippen molar-refractivity contribution in [1.29, 1.82) is 0 Å². The number of pyridine rings is 1. The van der Waals surface area contributed by atoms with Gasteiger partial charge in [-0.1, -0.05) is 11.2 Å². The zero-order chi connectivity index (χ0) is 12.2. The third kappa shape index (κ3) is 2.56. The maximum atomic E-state index is 5.27. The predicted octanol–water partition coefficient (Wildman–Crippen LogP) is 1.67. The molecular weight excluding hydrogens is 228 g/mol. The van der Waals surface area contributed by atoms with Crippen LogP contribution in [0.1, 0.15) is 36.3 Å². The van der Waals surface area contributed by atoms with E-state index in [1.807, 2.05) is 18.2 Å². The standard InChI is InChI=1S/C13H16N4O/c1-2-8-14-10(4-1)6-7-12-16-13(17-18-12)11-5-3-9-15-11/h1-2,4,8,11,15H,3,5-7,9H2. The minimum atomic E-state index is 0.275. The summed E-state index contributed by atoms with van der Waals surface area (Å²) in [5.41, 5.74) is 1.05. The third-order valence-electron chi connectivity index (χ3n) is 3.18.